The molecule has 0 saturated carbocycles. The van der Waals surface area contributed by atoms with Gasteiger partial charge in [-0.1, -0.05) is 51.1 Å². The van der Waals surface area contributed by atoms with E-state index in [4.69, 9.17) is 4.74 Å². The number of hydrogen-bond acceptors (Lipinski definition) is 2. The molecule has 2 heteroatoms. The van der Waals surface area contributed by atoms with Crippen molar-refractivity contribution in [2.75, 3.05) is 13.2 Å². The monoisotopic (exact) mass is 277 g/mol. The van der Waals surface area contributed by atoms with Crippen LogP contribution in [-0.2, 0) is 11.3 Å². The average molecular weight is 277 g/mol. The molecular weight excluding hydrogens is 246 g/mol. The second-order valence-corrected chi connectivity index (χ2v) is 7.39. The van der Waals surface area contributed by atoms with Crippen molar-refractivity contribution in [1.29, 1.82) is 0 Å². The molecule has 0 aliphatic rings. The van der Waals surface area contributed by atoms with E-state index in [1.807, 2.05) is 6.07 Å². The first kappa shape index (κ1) is 17.2. The highest BCUT2D eigenvalue weighted by Gasteiger charge is 2.30. The molecule has 114 valence electrons. The molecule has 0 amide bonds. The number of hydrogen-bond donors (Lipinski definition) is 1. The normalized spacial score (nSPS) is 15.3. The molecule has 1 unspecified atom stereocenters. The zero-order chi connectivity index (χ0) is 15.2. The Hall–Kier alpha value is -0.860. The summed E-state index contributed by atoms with van der Waals surface area (Å²) in [7, 11) is 0. The van der Waals surface area contributed by atoms with E-state index in [-0.39, 0.29) is 11.0 Å². The van der Waals surface area contributed by atoms with Crippen molar-refractivity contribution in [3.8, 4) is 0 Å². The van der Waals surface area contributed by atoms with Crippen molar-refractivity contribution in [3.05, 3.63) is 35.9 Å². The van der Waals surface area contributed by atoms with Crippen LogP contribution in [0.5, 0.6) is 0 Å². The van der Waals surface area contributed by atoms with Crippen LogP contribution < -0.4 is 5.32 Å². The third-order valence-electron chi connectivity index (χ3n) is 3.96. The fraction of sp³-hybridized carbons (Fsp3) is 0.667. The lowest BCUT2D eigenvalue weighted by Gasteiger charge is -2.36. The molecule has 0 aromatic heterocycles. The van der Waals surface area contributed by atoms with Crippen molar-refractivity contribution in [3.63, 3.8) is 0 Å². The summed E-state index contributed by atoms with van der Waals surface area (Å²) in [4.78, 5) is 0. The Morgan fingerprint density at radius 3 is 2.15 bits per heavy atom. The minimum absolute atomic E-state index is 0.148. The molecule has 1 aromatic rings. The van der Waals surface area contributed by atoms with E-state index >= 15 is 0 Å². The van der Waals surface area contributed by atoms with E-state index in [1.165, 1.54) is 5.56 Å². The Kier molecular flexibility index (Phi) is 6.22. The predicted octanol–water partition coefficient (Wildman–Crippen LogP) is 4.25. The molecule has 1 atom stereocenters. The first-order chi connectivity index (χ1) is 9.23. The zero-order valence-corrected chi connectivity index (χ0v) is 14.0. The highest BCUT2D eigenvalue weighted by Crippen LogP contribution is 2.27. The molecule has 0 aliphatic heterocycles. The largest absolute Gasteiger partial charge is 0.376 e. The van der Waals surface area contributed by atoms with Crippen LogP contribution in [0.1, 0.15) is 47.1 Å². The lowest BCUT2D eigenvalue weighted by atomic mass is 9.79. The van der Waals surface area contributed by atoms with Crippen LogP contribution in [0.3, 0.4) is 0 Å². The third kappa shape index (κ3) is 6.06. The van der Waals surface area contributed by atoms with Crippen molar-refractivity contribution in [1.82, 2.24) is 5.32 Å². The Morgan fingerprint density at radius 1 is 1.05 bits per heavy atom. The standard InChI is InChI=1S/C18H31NO/c1-15(2)18(6,13-19-17(3,4)5)14-20-12-16-10-8-7-9-11-16/h7-11,15,19H,12-14H2,1-6H3. The summed E-state index contributed by atoms with van der Waals surface area (Å²) in [6.45, 7) is 15.9. The Morgan fingerprint density at radius 2 is 1.65 bits per heavy atom. The van der Waals surface area contributed by atoms with E-state index in [0.29, 0.717) is 12.5 Å². The van der Waals surface area contributed by atoms with E-state index in [1.54, 1.807) is 0 Å². The summed E-state index contributed by atoms with van der Waals surface area (Å²) in [6, 6.07) is 10.4. The van der Waals surface area contributed by atoms with Gasteiger partial charge in [0.1, 0.15) is 0 Å². The highest BCUT2D eigenvalue weighted by atomic mass is 16.5. The molecular formula is C18H31NO. The van der Waals surface area contributed by atoms with Gasteiger partial charge >= 0.3 is 0 Å². The highest BCUT2D eigenvalue weighted by molar-refractivity contribution is 5.13. The van der Waals surface area contributed by atoms with Gasteiger partial charge in [-0.25, -0.2) is 0 Å². The average Bonchev–Trinajstić information content (AvgIpc) is 2.37. The van der Waals surface area contributed by atoms with Crippen LogP contribution >= 0.6 is 0 Å². The first-order valence-electron chi connectivity index (χ1n) is 7.60. The summed E-state index contributed by atoms with van der Waals surface area (Å²) in [5, 5.41) is 3.61. The van der Waals surface area contributed by atoms with Gasteiger partial charge in [-0.05, 0) is 32.3 Å². The van der Waals surface area contributed by atoms with Gasteiger partial charge in [0.25, 0.3) is 0 Å². The van der Waals surface area contributed by atoms with Crippen LogP contribution in [0.4, 0.5) is 0 Å². The van der Waals surface area contributed by atoms with Gasteiger partial charge in [-0.2, -0.15) is 0 Å². The maximum absolute atomic E-state index is 5.97. The van der Waals surface area contributed by atoms with Crippen LogP contribution in [0.25, 0.3) is 0 Å². The molecule has 1 aromatic carbocycles. The topological polar surface area (TPSA) is 21.3 Å². The second-order valence-electron chi connectivity index (χ2n) is 7.39. The quantitative estimate of drug-likeness (QED) is 0.804. The van der Waals surface area contributed by atoms with Crippen LogP contribution in [0.2, 0.25) is 0 Å². The zero-order valence-electron chi connectivity index (χ0n) is 14.0. The molecule has 0 radical (unpaired) electrons. The molecule has 0 aliphatic carbocycles. The Bertz CT molecular complexity index is 380. The van der Waals surface area contributed by atoms with E-state index < -0.39 is 0 Å². The van der Waals surface area contributed by atoms with Crippen molar-refractivity contribution in [2.24, 2.45) is 11.3 Å². The third-order valence-corrected chi connectivity index (χ3v) is 3.96. The maximum Gasteiger partial charge on any atom is 0.0717 e. The molecule has 1 N–H and O–H groups in total. The molecule has 0 saturated heterocycles. The van der Waals surface area contributed by atoms with Crippen LogP contribution in [0.15, 0.2) is 30.3 Å². The van der Waals surface area contributed by atoms with E-state index in [9.17, 15) is 0 Å². The molecule has 0 spiro atoms. The van der Waals surface area contributed by atoms with Crippen molar-refractivity contribution in [2.45, 2.75) is 53.7 Å². The number of nitrogens with one attached hydrogen (secondary N) is 1. The Balaban J connectivity index is 2.50. The second kappa shape index (κ2) is 7.24. The summed E-state index contributed by atoms with van der Waals surface area (Å²) in [5.41, 5.74) is 1.54. The minimum atomic E-state index is 0.148. The summed E-state index contributed by atoms with van der Waals surface area (Å²) < 4.78 is 5.97. The SMILES string of the molecule is CC(C)C(C)(CNC(C)(C)C)COCc1ccccc1. The van der Waals surface area contributed by atoms with Crippen molar-refractivity contribution >= 4 is 0 Å². The minimum Gasteiger partial charge on any atom is -0.376 e. The fourth-order valence-electron chi connectivity index (χ4n) is 1.87. The molecule has 0 heterocycles. The number of benzene rings is 1. The van der Waals surface area contributed by atoms with E-state index in [2.05, 4.69) is 71.1 Å². The Labute approximate surface area is 124 Å². The summed E-state index contributed by atoms with van der Waals surface area (Å²) in [5.74, 6) is 0.577. The smallest absolute Gasteiger partial charge is 0.0717 e. The van der Waals surface area contributed by atoms with E-state index in [0.717, 1.165) is 13.2 Å². The van der Waals surface area contributed by atoms with Crippen molar-refractivity contribution < 1.29 is 4.74 Å². The number of ether oxygens (including phenoxy) is 1. The van der Waals surface area contributed by atoms with Gasteiger partial charge in [-0.15, -0.1) is 0 Å². The maximum atomic E-state index is 5.97. The molecule has 20 heavy (non-hydrogen) atoms. The number of rotatable bonds is 7. The van der Waals surface area contributed by atoms with Gasteiger partial charge in [-0.3, -0.25) is 0 Å². The van der Waals surface area contributed by atoms with Gasteiger partial charge < -0.3 is 10.1 Å². The van der Waals surface area contributed by atoms with Gasteiger partial charge in [0, 0.05) is 17.5 Å². The van der Waals surface area contributed by atoms with Gasteiger partial charge in [0.05, 0.1) is 13.2 Å². The molecule has 1 rings (SSSR count). The first-order valence-corrected chi connectivity index (χ1v) is 7.60. The molecule has 0 fully saturated rings. The van der Waals surface area contributed by atoms with Gasteiger partial charge in [0.15, 0.2) is 0 Å². The van der Waals surface area contributed by atoms with Crippen LogP contribution in [0, 0.1) is 11.3 Å². The predicted molar refractivity (Wildman–Crippen MR) is 86.8 cm³/mol. The van der Waals surface area contributed by atoms with Crippen LogP contribution in [-0.4, -0.2) is 18.7 Å². The summed E-state index contributed by atoms with van der Waals surface area (Å²) >= 11 is 0. The fourth-order valence-corrected chi connectivity index (χ4v) is 1.87. The summed E-state index contributed by atoms with van der Waals surface area (Å²) in [6.07, 6.45) is 0. The molecule has 2 nitrogen and oxygen atoms in total. The lowest BCUT2D eigenvalue weighted by molar-refractivity contribution is 0.0142. The molecule has 0 bridgehead atoms. The lowest BCUT2D eigenvalue weighted by Crippen LogP contribution is -2.46. The van der Waals surface area contributed by atoms with Gasteiger partial charge in [0.2, 0.25) is 0 Å².